The molecule has 0 saturated heterocycles. The van der Waals surface area contributed by atoms with Gasteiger partial charge in [-0.3, -0.25) is 0 Å². The lowest BCUT2D eigenvalue weighted by atomic mass is 10.1. The van der Waals surface area contributed by atoms with E-state index in [9.17, 15) is 17.4 Å². The van der Waals surface area contributed by atoms with Crippen LogP contribution in [0.3, 0.4) is 0 Å². The molecule has 0 aromatic rings. The maximum Gasteiger partial charge on any atom is 0.395 e. The highest BCUT2D eigenvalue weighted by Gasteiger charge is 2.63. The van der Waals surface area contributed by atoms with E-state index in [1.807, 2.05) is 0 Å². The van der Waals surface area contributed by atoms with Gasteiger partial charge in [0, 0.05) is 0 Å². The van der Waals surface area contributed by atoms with Crippen molar-refractivity contribution in [1.29, 1.82) is 0 Å². The van der Waals surface area contributed by atoms with Crippen molar-refractivity contribution >= 4 is 11.1 Å². The fourth-order valence-electron chi connectivity index (χ4n) is 0.897. The van der Waals surface area contributed by atoms with Crippen molar-refractivity contribution in [2.75, 3.05) is 5.75 Å². The SMILES string of the molecule is O=S(O)CC1(C(F)(F)F)CC1. The maximum absolute atomic E-state index is 12.0. The smallest absolute Gasteiger partial charge is 0.306 e. The lowest BCUT2D eigenvalue weighted by Gasteiger charge is -2.16. The van der Waals surface area contributed by atoms with E-state index in [0.29, 0.717) is 0 Å². The molecule has 11 heavy (non-hydrogen) atoms. The summed E-state index contributed by atoms with van der Waals surface area (Å²) in [6, 6.07) is 0. The van der Waals surface area contributed by atoms with Crippen LogP contribution in [0.1, 0.15) is 12.8 Å². The third kappa shape index (κ3) is 1.73. The summed E-state index contributed by atoms with van der Waals surface area (Å²) in [7, 11) is 0. The Morgan fingerprint density at radius 1 is 1.45 bits per heavy atom. The predicted octanol–water partition coefficient (Wildman–Crippen LogP) is 1.55. The Morgan fingerprint density at radius 3 is 2.00 bits per heavy atom. The number of hydrogen-bond donors (Lipinski definition) is 1. The summed E-state index contributed by atoms with van der Waals surface area (Å²) < 4.78 is 54.4. The molecule has 1 unspecified atom stereocenters. The van der Waals surface area contributed by atoms with Crippen LogP contribution in [-0.4, -0.2) is 20.7 Å². The van der Waals surface area contributed by atoms with E-state index in [4.69, 9.17) is 4.55 Å². The highest BCUT2D eigenvalue weighted by molar-refractivity contribution is 7.79. The molecule has 2 nitrogen and oxygen atoms in total. The molecule has 1 fully saturated rings. The van der Waals surface area contributed by atoms with Gasteiger partial charge in [-0.05, 0) is 12.8 Å². The zero-order valence-electron chi connectivity index (χ0n) is 5.52. The lowest BCUT2D eigenvalue weighted by Crippen LogP contribution is -2.29. The zero-order chi connectivity index (χ0) is 8.70. The van der Waals surface area contributed by atoms with Crippen LogP contribution in [0, 0.1) is 5.41 Å². The van der Waals surface area contributed by atoms with E-state index >= 15 is 0 Å². The standard InChI is InChI=1S/C5H7F3O2S/c6-5(7,8)4(1-2-4)3-11(9)10/h1-3H2,(H,9,10). The van der Waals surface area contributed by atoms with Crippen molar-refractivity contribution in [3.63, 3.8) is 0 Å². The largest absolute Gasteiger partial charge is 0.395 e. The van der Waals surface area contributed by atoms with E-state index in [1.54, 1.807) is 0 Å². The Labute approximate surface area is 64.1 Å². The fourth-order valence-corrected chi connectivity index (χ4v) is 1.82. The monoisotopic (exact) mass is 188 g/mol. The Kier molecular flexibility index (Phi) is 2.00. The Morgan fingerprint density at radius 2 is 1.91 bits per heavy atom. The van der Waals surface area contributed by atoms with Gasteiger partial charge in [0.25, 0.3) is 0 Å². The van der Waals surface area contributed by atoms with Crippen molar-refractivity contribution in [3.05, 3.63) is 0 Å². The topological polar surface area (TPSA) is 37.3 Å². The van der Waals surface area contributed by atoms with Crippen molar-refractivity contribution in [2.24, 2.45) is 5.41 Å². The third-order valence-corrected chi connectivity index (χ3v) is 2.65. The van der Waals surface area contributed by atoms with E-state index < -0.39 is 28.4 Å². The first-order valence-corrected chi connectivity index (χ1v) is 4.29. The van der Waals surface area contributed by atoms with Crippen LogP contribution in [0.4, 0.5) is 13.2 Å². The van der Waals surface area contributed by atoms with Crippen LogP contribution in [0.5, 0.6) is 0 Å². The van der Waals surface area contributed by atoms with Crippen molar-refractivity contribution in [1.82, 2.24) is 0 Å². The molecule has 0 heterocycles. The molecular weight excluding hydrogens is 181 g/mol. The number of hydrogen-bond acceptors (Lipinski definition) is 1. The minimum atomic E-state index is -4.31. The summed E-state index contributed by atoms with van der Waals surface area (Å²) >= 11 is -2.34. The summed E-state index contributed by atoms with van der Waals surface area (Å²) in [6.07, 6.45) is -4.34. The van der Waals surface area contributed by atoms with Crippen LogP contribution in [0.25, 0.3) is 0 Å². The number of halogens is 3. The normalized spacial score (nSPS) is 24.7. The molecule has 0 amide bonds. The van der Waals surface area contributed by atoms with Gasteiger partial charge in [0.05, 0.1) is 11.2 Å². The summed E-state index contributed by atoms with van der Waals surface area (Å²) in [5, 5.41) is 0. The molecule has 0 spiro atoms. The van der Waals surface area contributed by atoms with E-state index in [2.05, 4.69) is 0 Å². The number of rotatable bonds is 2. The van der Waals surface area contributed by atoms with Crippen LogP contribution in [0.15, 0.2) is 0 Å². The molecule has 1 rings (SSSR count). The minimum absolute atomic E-state index is 0.0111. The van der Waals surface area contributed by atoms with Gasteiger partial charge in [0.2, 0.25) is 0 Å². The van der Waals surface area contributed by atoms with Gasteiger partial charge in [0.15, 0.2) is 11.1 Å². The lowest BCUT2D eigenvalue weighted by molar-refractivity contribution is -0.180. The minimum Gasteiger partial charge on any atom is -0.306 e. The highest BCUT2D eigenvalue weighted by Crippen LogP contribution is 2.57. The van der Waals surface area contributed by atoms with E-state index in [1.165, 1.54) is 0 Å². The Balaban J connectivity index is 2.61. The van der Waals surface area contributed by atoms with Crippen molar-refractivity contribution in [2.45, 2.75) is 19.0 Å². The van der Waals surface area contributed by atoms with Crippen LogP contribution < -0.4 is 0 Å². The quantitative estimate of drug-likeness (QED) is 0.667. The third-order valence-electron chi connectivity index (χ3n) is 1.85. The molecule has 0 radical (unpaired) electrons. The fraction of sp³-hybridized carbons (Fsp3) is 1.00. The summed E-state index contributed by atoms with van der Waals surface area (Å²) in [6.45, 7) is 0. The first-order valence-electron chi connectivity index (χ1n) is 3.02. The maximum atomic E-state index is 12.0. The molecule has 1 N–H and O–H groups in total. The second kappa shape index (κ2) is 2.45. The van der Waals surface area contributed by atoms with Crippen LogP contribution >= 0.6 is 0 Å². The molecular formula is C5H7F3O2S. The molecule has 6 heteroatoms. The molecule has 1 aliphatic carbocycles. The van der Waals surface area contributed by atoms with Gasteiger partial charge >= 0.3 is 6.18 Å². The predicted molar refractivity (Wildman–Crippen MR) is 33.4 cm³/mol. The molecule has 0 bridgehead atoms. The van der Waals surface area contributed by atoms with Gasteiger partial charge in [-0.2, -0.15) is 13.2 Å². The Bertz CT molecular complexity index is 185. The van der Waals surface area contributed by atoms with E-state index in [-0.39, 0.29) is 12.8 Å². The summed E-state index contributed by atoms with van der Waals surface area (Å²) in [5.74, 6) is -0.670. The molecule has 0 aliphatic heterocycles. The highest BCUT2D eigenvalue weighted by atomic mass is 32.2. The summed E-state index contributed by atoms with van der Waals surface area (Å²) in [5.41, 5.74) is -1.84. The van der Waals surface area contributed by atoms with Gasteiger partial charge in [-0.1, -0.05) is 0 Å². The average Bonchev–Trinajstić information content (AvgIpc) is 2.42. The molecule has 1 saturated carbocycles. The second-order valence-electron chi connectivity index (χ2n) is 2.74. The van der Waals surface area contributed by atoms with Crippen molar-refractivity contribution < 1.29 is 21.9 Å². The number of alkyl halides is 3. The van der Waals surface area contributed by atoms with Gasteiger partial charge in [-0.15, -0.1) is 0 Å². The first-order chi connectivity index (χ1) is 4.87. The molecule has 0 aromatic carbocycles. The first kappa shape index (κ1) is 8.99. The second-order valence-corrected chi connectivity index (χ2v) is 3.68. The molecule has 0 aromatic heterocycles. The molecule has 1 atom stereocenters. The molecule has 66 valence electrons. The molecule has 1 aliphatic rings. The van der Waals surface area contributed by atoms with Gasteiger partial charge in [0.1, 0.15) is 0 Å². The van der Waals surface area contributed by atoms with E-state index in [0.717, 1.165) is 0 Å². The average molecular weight is 188 g/mol. The summed E-state index contributed by atoms with van der Waals surface area (Å²) in [4.78, 5) is 0. The van der Waals surface area contributed by atoms with Gasteiger partial charge in [-0.25, -0.2) is 4.21 Å². The van der Waals surface area contributed by atoms with Crippen molar-refractivity contribution in [3.8, 4) is 0 Å². The zero-order valence-corrected chi connectivity index (χ0v) is 6.34. The Hall–Kier alpha value is -0.100. The van der Waals surface area contributed by atoms with Gasteiger partial charge < -0.3 is 4.55 Å². The van der Waals surface area contributed by atoms with Crippen LogP contribution in [-0.2, 0) is 11.1 Å². The van der Waals surface area contributed by atoms with Crippen LogP contribution in [0.2, 0.25) is 0 Å².